The van der Waals surface area contributed by atoms with Crippen LogP contribution < -0.4 is 0 Å². The van der Waals surface area contributed by atoms with Crippen molar-refractivity contribution in [3.05, 3.63) is 0 Å². The minimum atomic E-state index is 0.550. The number of hydrogen-bond acceptors (Lipinski definition) is 2. The minimum Gasteiger partial charge on any atom is -0.372 e. The molecular weight excluding hydrogens is 326 g/mol. The normalized spacial score (nSPS) is 56.4. The summed E-state index contributed by atoms with van der Waals surface area (Å²) < 4.78 is 6.67. The number of ether oxygens (including phenoxy) is 1. The lowest BCUT2D eigenvalue weighted by Crippen LogP contribution is -2.63. The van der Waals surface area contributed by atoms with E-state index in [1.807, 2.05) is 0 Å². The van der Waals surface area contributed by atoms with E-state index in [0.29, 0.717) is 12.2 Å². The zero-order valence-electron chi connectivity index (χ0n) is 12.9. The Kier molecular flexibility index (Phi) is 3.42. The van der Waals surface area contributed by atoms with Crippen LogP contribution in [-0.2, 0) is 4.74 Å². The van der Waals surface area contributed by atoms with Crippen molar-refractivity contribution in [3.63, 3.8) is 0 Å². The van der Waals surface area contributed by atoms with Gasteiger partial charge in [-0.25, -0.2) is 0 Å². The molecule has 2 saturated heterocycles. The molecule has 2 aliphatic heterocycles. The predicted molar refractivity (Wildman–Crippen MR) is 87.7 cm³/mol. The van der Waals surface area contributed by atoms with Gasteiger partial charge in [0, 0.05) is 23.0 Å². The van der Waals surface area contributed by atoms with Gasteiger partial charge in [-0.15, -0.1) is 0 Å². The molecule has 0 aromatic heterocycles. The van der Waals surface area contributed by atoms with Gasteiger partial charge in [-0.2, -0.15) is 0 Å². The van der Waals surface area contributed by atoms with Crippen molar-refractivity contribution in [2.24, 2.45) is 11.8 Å². The fourth-order valence-corrected chi connectivity index (χ4v) is 7.63. The number of alkyl halides is 1. The first-order valence-electron chi connectivity index (χ1n) is 9.41. The lowest BCUT2D eigenvalue weighted by Gasteiger charge is -2.54. The second-order valence-electron chi connectivity index (χ2n) is 8.19. The molecule has 3 saturated carbocycles. The molecule has 0 bridgehead atoms. The highest BCUT2D eigenvalue weighted by Crippen LogP contribution is 2.55. The molecule has 0 spiro atoms. The van der Waals surface area contributed by atoms with Crippen LogP contribution in [0.2, 0.25) is 0 Å². The maximum absolute atomic E-state index is 6.67. The lowest BCUT2D eigenvalue weighted by atomic mass is 9.72. The zero-order chi connectivity index (χ0) is 14.0. The van der Waals surface area contributed by atoms with Crippen LogP contribution in [0.1, 0.15) is 64.2 Å². The third-order valence-electron chi connectivity index (χ3n) is 7.32. The molecule has 8 atom stereocenters. The van der Waals surface area contributed by atoms with Gasteiger partial charge in [0.05, 0.1) is 12.2 Å². The summed E-state index contributed by atoms with van der Waals surface area (Å²) in [5, 5.41) is 0. The average Bonchev–Trinajstić information content (AvgIpc) is 2.88. The van der Waals surface area contributed by atoms with Gasteiger partial charge in [0.15, 0.2) is 0 Å². The Hall–Kier alpha value is 0.400. The molecule has 0 aromatic carbocycles. The number of morpholine rings is 1. The Labute approximate surface area is 137 Å². The highest BCUT2D eigenvalue weighted by molar-refractivity contribution is 9.09. The van der Waals surface area contributed by atoms with Crippen molar-refractivity contribution in [1.82, 2.24) is 4.90 Å². The molecule has 5 fully saturated rings. The fourth-order valence-electron chi connectivity index (χ4n) is 6.66. The summed E-state index contributed by atoms with van der Waals surface area (Å²) in [6.07, 6.45) is 15.2. The number of fused-ring (bicyclic) bond motifs is 5. The van der Waals surface area contributed by atoms with E-state index in [2.05, 4.69) is 20.8 Å². The SMILES string of the molecule is BrC1CCC2OC3CCCCC3N3C4CCCCC4C1C23. The van der Waals surface area contributed by atoms with Crippen LogP contribution in [0.4, 0.5) is 0 Å². The zero-order valence-corrected chi connectivity index (χ0v) is 14.5. The summed E-state index contributed by atoms with van der Waals surface area (Å²) in [6, 6.07) is 2.40. The van der Waals surface area contributed by atoms with E-state index in [1.165, 1.54) is 64.2 Å². The van der Waals surface area contributed by atoms with Crippen molar-refractivity contribution in [3.8, 4) is 0 Å². The van der Waals surface area contributed by atoms with Gasteiger partial charge < -0.3 is 4.74 Å². The first kappa shape index (κ1) is 13.8. The summed E-state index contributed by atoms with van der Waals surface area (Å²) in [6.45, 7) is 0. The maximum atomic E-state index is 6.67. The van der Waals surface area contributed by atoms with Crippen LogP contribution in [0.15, 0.2) is 0 Å². The molecule has 8 unspecified atom stereocenters. The van der Waals surface area contributed by atoms with Gasteiger partial charge in [-0.3, -0.25) is 4.90 Å². The van der Waals surface area contributed by atoms with E-state index in [-0.39, 0.29) is 0 Å². The molecule has 21 heavy (non-hydrogen) atoms. The van der Waals surface area contributed by atoms with E-state index in [4.69, 9.17) is 4.74 Å². The summed E-state index contributed by atoms with van der Waals surface area (Å²) in [4.78, 5) is 3.79. The molecule has 2 nitrogen and oxygen atoms in total. The van der Waals surface area contributed by atoms with Gasteiger partial charge in [0.1, 0.15) is 0 Å². The van der Waals surface area contributed by atoms with E-state index in [0.717, 1.165) is 34.8 Å². The number of nitrogens with zero attached hydrogens (tertiary/aromatic N) is 1. The smallest absolute Gasteiger partial charge is 0.0738 e. The lowest BCUT2D eigenvalue weighted by molar-refractivity contribution is -0.176. The van der Waals surface area contributed by atoms with Gasteiger partial charge in [-0.05, 0) is 50.4 Å². The standard InChI is InChI=1S/C18H28BrNO/c19-12-9-10-16-18-17(12)11-5-1-2-6-13(11)20(18)14-7-3-4-8-15(14)21-16/h11-18H,1-10H2. The number of hydrogen-bond donors (Lipinski definition) is 0. The van der Waals surface area contributed by atoms with E-state index < -0.39 is 0 Å². The summed E-state index contributed by atoms with van der Waals surface area (Å²) in [5.74, 6) is 1.83. The molecule has 118 valence electrons. The minimum absolute atomic E-state index is 0.550. The Balaban J connectivity index is 1.54. The molecule has 3 aliphatic carbocycles. The van der Waals surface area contributed by atoms with Gasteiger partial charge in [0.2, 0.25) is 0 Å². The average molecular weight is 354 g/mol. The molecule has 3 heteroatoms. The highest BCUT2D eigenvalue weighted by atomic mass is 79.9. The van der Waals surface area contributed by atoms with Crippen molar-refractivity contribution >= 4 is 15.9 Å². The fraction of sp³-hybridized carbons (Fsp3) is 1.00. The number of rotatable bonds is 0. The number of halogens is 1. The summed E-state index contributed by atoms with van der Waals surface area (Å²) >= 11 is 4.07. The molecular formula is C18H28BrNO. The Bertz CT molecular complexity index is 416. The highest BCUT2D eigenvalue weighted by Gasteiger charge is 2.61. The summed E-state index contributed by atoms with van der Waals surface area (Å²) in [7, 11) is 0. The third-order valence-corrected chi connectivity index (χ3v) is 8.39. The van der Waals surface area contributed by atoms with Crippen molar-refractivity contribution in [2.75, 3.05) is 0 Å². The third kappa shape index (κ3) is 1.96. The second kappa shape index (κ2) is 5.21. The molecule has 0 amide bonds. The molecule has 5 aliphatic rings. The topological polar surface area (TPSA) is 12.5 Å². The first-order valence-corrected chi connectivity index (χ1v) is 10.3. The Morgan fingerprint density at radius 3 is 2.43 bits per heavy atom. The van der Waals surface area contributed by atoms with E-state index in [9.17, 15) is 0 Å². The molecule has 5 rings (SSSR count). The van der Waals surface area contributed by atoms with Crippen LogP contribution in [0, 0.1) is 11.8 Å². The molecule has 0 radical (unpaired) electrons. The van der Waals surface area contributed by atoms with Crippen LogP contribution in [0.5, 0.6) is 0 Å². The molecule has 0 aromatic rings. The van der Waals surface area contributed by atoms with E-state index >= 15 is 0 Å². The monoisotopic (exact) mass is 353 g/mol. The quantitative estimate of drug-likeness (QED) is 0.607. The van der Waals surface area contributed by atoms with Crippen LogP contribution in [-0.4, -0.2) is 40.1 Å². The van der Waals surface area contributed by atoms with Crippen LogP contribution >= 0.6 is 15.9 Å². The van der Waals surface area contributed by atoms with Gasteiger partial charge >= 0.3 is 0 Å². The van der Waals surface area contributed by atoms with Gasteiger partial charge in [0.25, 0.3) is 0 Å². The summed E-state index contributed by atoms with van der Waals surface area (Å²) in [5.41, 5.74) is 0. The predicted octanol–water partition coefficient (Wildman–Crippen LogP) is 4.11. The van der Waals surface area contributed by atoms with Gasteiger partial charge in [-0.1, -0.05) is 41.6 Å². The van der Waals surface area contributed by atoms with Crippen molar-refractivity contribution in [2.45, 2.75) is 99.4 Å². The van der Waals surface area contributed by atoms with Crippen LogP contribution in [0.3, 0.4) is 0 Å². The Morgan fingerprint density at radius 2 is 1.52 bits per heavy atom. The van der Waals surface area contributed by atoms with Crippen molar-refractivity contribution in [1.29, 1.82) is 0 Å². The van der Waals surface area contributed by atoms with E-state index in [1.54, 1.807) is 0 Å². The molecule has 2 heterocycles. The molecule has 0 N–H and O–H groups in total. The largest absolute Gasteiger partial charge is 0.372 e. The maximum Gasteiger partial charge on any atom is 0.0738 e. The Morgan fingerprint density at radius 1 is 0.762 bits per heavy atom. The van der Waals surface area contributed by atoms with Crippen LogP contribution in [0.25, 0.3) is 0 Å². The van der Waals surface area contributed by atoms with Crippen molar-refractivity contribution < 1.29 is 4.74 Å². The second-order valence-corrected chi connectivity index (χ2v) is 9.37. The first-order chi connectivity index (χ1) is 10.3.